The Kier molecular flexibility index (Phi) is 4.69. The van der Waals surface area contributed by atoms with E-state index in [2.05, 4.69) is 5.32 Å². The van der Waals surface area contributed by atoms with Gasteiger partial charge in [0.05, 0.1) is 11.6 Å². The standard InChI is InChI=1S/C11H14F3N3O/c12-11(13,14)8-3-1-7(2-4-8)5-17-6-9(15)10(16)18/h1-4,9,17H,5-6,15H2,(H2,16,18). The molecule has 18 heavy (non-hydrogen) atoms. The molecule has 7 heteroatoms. The maximum atomic E-state index is 12.3. The van der Waals surface area contributed by atoms with Gasteiger partial charge in [0.15, 0.2) is 0 Å². The first-order chi connectivity index (χ1) is 8.30. The number of amides is 1. The fourth-order valence-corrected chi connectivity index (χ4v) is 1.28. The van der Waals surface area contributed by atoms with E-state index in [0.29, 0.717) is 12.1 Å². The average molecular weight is 261 g/mol. The van der Waals surface area contributed by atoms with Crippen molar-refractivity contribution in [1.82, 2.24) is 5.32 Å². The first-order valence-electron chi connectivity index (χ1n) is 5.22. The third-order valence-corrected chi connectivity index (χ3v) is 2.34. The predicted molar refractivity (Wildman–Crippen MR) is 60.3 cm³/mol. The van der Waals surface area contributed by atoms with Crippen molar-refractivity contribution >= 4 is 5.91 Å². The molecular formula is C11H14F3N3O. The van der Waals surface area contributed by atoms with Crippen LogP contribution in [0.5, 0.6) is 0 Å². The van der Waals surface area contributed by atoms with Crippen molar-refractivity contribution in [3.8, 4) is 0 Å². The lowest BCUT2D eigenvalue weighted by Gasteiger charge is -2.10. The Morgan fingerprint density at radius 2 is 1.83 bits per heavy atom. The van der Waals surface area contributed by atoms with Crippen LogP contribution in [-0.4, -0.2) is 18.5 Å². The van der Waals surface area contributed by atoms with Crippen LogP contribution in [0, 0.1) is 0 Å². The molecule has 0 aliphatic heterocycles. The number of hydrogen-bond acceptors (Lipinski definition) is 3. The van der Waals surface area contributed by atoms with Crippen LogP contribution in [0.2, 0.25) is 0 Å². The van der Waals surface area contributed by atoms with E-state index in [0.717, 1.165) is 12.1 Å². The minimum Gasteiger partial charge on any atom is -0.368 e. The first kappa shape index (κ1) is 14.5. The van der Waals surface area contributed by atoms with Gasteiger partial charge in [-0.1, -0.05) is 12.1 Å². The van der Waals surface area contributed by atoms with Crippen LogP contribution in [0.25, 0.3) is 0 Å². The van der Waals surface area contributed by atoms with Crippen LogP contribution in [0.1, 0.15) is 11.1 Å². The molecule has 0 radical (unpaired) electrons. The molecule has 0 aliphatic rings. The van der Waals surface area contributed by atoms with Crippen molar-refractivity contribution in [2.24, 2.45) is 11.5 Å². The minimum absolute atomic E-state index is 0.177. The lowest BCUT2D eigenvalue weighted by molar-refractivity contribution is -0.137. The summed E-state index contributed by atoms with van der Waals surface area (Å²) in [5.74, 6) is -0.630. The molecule has 0 saturated carbocycles. The zero-order valence-electron chi connectivity index (χ0n) is 9.50. The van der Waals surface area contributed by atoms with Crippen molar-refractivity contribution in [3.63, 3.8) is 0 Å². The van der Waals surface area contributed by atoms with E-state index in [9.17, 15) is 18.0 Å². The van der Waals surface area contributed by atoms with Gasteiger partial charge in [-0.05, 0) is 17.7 Å². The molecule has 4 nitrogen and oxygen atoms in total. The molecule has 1 rings (SSSR count). The predicted octanol–water partition coefficient (Wildman–Crippen LogP) is 0.608. The fraction of sp³-hybridized carbons (Fsp3) is 0.364. The Morgan fingerprint density at radius 1 is 1.28 bits per heavy atom. The van der Waals surface area contributed by atoms with Gasteiger partial charge in [0.25, 0.3) is 0 Å². The van der Waals surface area contributed by atoms with E-state index in [1.54, 1.807) is 0 Å². The Labute approximate surface area is 102 Å². The number of nitrogens with two attached hydrogens (primary N) is 2. The third-order valence-electron chi connectivity index (χ3n) is 2.34. The summed E-state index contributed by atoms with van der Waals surface area (Å²) in [5, 5.41) is 2.83. The maximum absolute atomic E-state index is 12.3. The van der Waals surface area contributed by atoms with Crippen LogP contribution in [0.15, 0.2) is 24.3 Å². The van der Waals surface area contributed by atoms with Gasteiger partial charge in [-0.25, -0.2) is 0 Å². The van der Waals surface area contributed by atoms with Crippen molar-refractivity contribution in [2.45, 2.75) is 18.8 Å². The molecule has 0 aliphatic carbocycles. The largest absolute Gasteiger partial charge is 0.416 e. The van der Waals surface area contributed by atoms with E-state index < -0.39 is 23.7 Å². The van der Waals surface area contributed by atoms with E-state index >= 15 is 0 Å². The second-order valence-corrected chi connectivity index (χ2v) is 3.83. The number of alkyl halides is 3. The molecule has 0 saturated heterocycles. The van der Waals surface area contributed by atoms with E-state index in [4.69, 9.17) is 11.5 Å². The Hall–Kier alpha value is -1.60. The van der Waals surface area contributed by atoms with Gasteiger partial charge in [-0.15, -0.1) is 0 Å². The summed E-state index contributed by atoms with van der Waals surface area (Å²) in [6, 6.07) is 3.94. The lowest BCUT2D eigenvalue weighted by Crippen LogP contribution is -2.44. The number of benzene rings is 1. The highest BCUT2D eigenvalue weighted by atomic mass is 19.4. The van der Waals surface area contributed by atoms with Crippen molar-refractivity contribution in [3.05, 3.63) is 35.4 Å². The summed E-state index contributed by atoms with van der Waals surface area (Å²) in [5.41, 5.74) is 10.3. The third kappa shape index (κ3) is 4.34. The monoisotopic (exact) mass is 261 g/mol. The summed E-state index contributed by atoms with van der Waals surface area (Å²) >= 11 is 0. The minimum atomic E-state index is -4.33. The Morgan fingerprint density at radius 3 is 2.28 bits per heavy atom. The van der Waals surface area contributed by atoms with E-state index in [1.165, 1.54) is 12.1 Å². The Balaban J connectivity index is 2.47. The maximum Gasteiger partial charge on any atom is 0.416 e. The lowest BCUT2D eigenvalue weighted by atomic mass is 10.1. The Bertz CT molecular complexity index is 403. The average Bonchev–Trinajstić information content (AvgIpc) is 2.28. The number of rotatable bonds is 5. The highest BCUT2D eigenvalue weighted by Crippen LogP contribution is 2.28. The molecule has 5 N–H and O–H groups in total. The number of carbonyl (C=O) groups excluding carboxylic acids is 1. The number of carbonyl (C=O) groups is 1. The molecule has 0 fully saturated rings. The number of hydrogen-bond donors (Lipinski definition) is 3. The molecule has 100 valence electrons. The first-order valence-corrected chi connectivity index (χ1v) is 5.22. The van der Waals surface area contributed by atoms with E-state index in [1.807, 2.05) is 0 Å². The molecule has 0 spiro atoms. The van der Waals surface area contributed by atoms with Crippen LogP contribution in [0.3, 0.4) is 0 Å². The number of primary amides is 1. The van der Waals surface area contributed by atoms with Gasteiger partial charge in [-0.2, -0.15) is 13.2 Å². The van der Waals surface area contributed by atoms with Gasteiger partial charge >= 0.3 is 6.18 Å². The van der Waals surface area contributed by atoms with E-state index in [-0.39, 0.29) is 6.54 Å². The van der Waals surface area contributed by atoms with Crippen molar-refractivity contribution in [1.29, 1.82) is 0 Å². The molecular weight excluding hydrogens is 247 g/mol. The van der Waals surface area contributed by atoms with Gasteiger partial charge in [0.2, 0.25) is 5.91 Å². The molecule has 0 bridgehead atoms. The molecule has 1 aromatic rings. The smallest absolute Gasteiger partial charge is 0.368 e. The molecule has 1 amide bonds. The van der Waals surface area contributed by atoms with Gasteiger partial charge < -0.3 is 16.8 Å². The number of nitrogens with one attached hydrogen (secondary N) is 1. The zero-order valence-corrected chi connectivity index (χ0v) is 9.50. The second kappa shape index (κ2) is 5.83. The van der Waals surface area contributed by atoms with Gasteiger partial charge in [0.1, 0.15) is 0 Å². The highest BCUT2D eigenvalue weighted by molar-refractivity contribution is 5.79. The van der Waals surface area contributed by atoms with Crippen LogP contribution >= 0.6 is 0 Å². The van der Waals surface area contributed by atoms with Crippen molar-refractivity contribution < 1.29 is 18.0 Å². The normalized spacial score (nSPS) is 13.3. The summed E-state index contributed by atoms with van der Waals surface area (Å²) in [6.45, 7) is 0.496. The number of halogens is 3. The molecule has 1 atom stereocenters. The summed E-state index contributed by atoms with van der Waals surface area (Å²) in [4.78, 5) is 10.6. The van der Waals surface area contributed by atoms with Crippen molar-refractivity contribution in [2.75, 3.05) is 6.54 Å². The highest BCUT2D eigenvalue weighted by Gasteiger charge is 2.29. The second-order valence-electron chi connectivity index (χ2n) is 3.83. The summed E-state index contributed by atoms with van der Waals surface area (Å²) < 4.78 is 36.8. The fourth-order valence-electron chi connectivity index (χ4n) is 1.28. The molecule has 1 aromatic carbocycles. The SMILES string of the molecule is NC(=O)C(N)CNCc1ccc(C(F)(F)F)cc1. The van der Waals surface area contributed by atoms with Crippen LogP contribution < -0.4 is 16.8 Å². The topological polar surface area (TPSA) is 81.1 Å². The molecule has 1 unspecified atom stereocenters. The molecule has 0 heterocycles. The quantitative estimate of drug-likeness (QED) is 0.726. The van der Waals surface area contributed by atoms with Crippen LogP contribution in [0.4, 0.5) is 13.2 Å². The van der Waals surface area contributed by atoms with Gasteiger partial charge in [-0.3, -0.25) is 4.79 Å². The van der Waals surface area contributed by atoms with Gasteiger partial charge in [0, 0.05) is 13.1 Å². The molecule has 0 aromatic heterocycles. The zero-order chi connectivity index (χ0) is 13.8. The summed E-state index contributed by atoms with van der Waals surface area (Å²) in [7, 11) is 0. The summed E-state index contributed by atoms with van der Waals surface area (Å²) in [6.07, 6.45) is -4.33. The van der Waals surface area contributed by atoms with Crippen LogP contribution in [-0.2, 0) is 17.5 Å².